The fourth-order valence-electron chi connectivity index (χ4n) is 3.40. The second-order valence-corrected chi connectivity index (χ2v) is 9.03. The summed E-state index contributed by atoms with van der Waals surface area (Å²) in [5, 5.41) is 4.00. The molecule has 152 valence electrons. The van der Waals surface area contributed by atoms with Gasteiger partial charge in [0.05, 0.1) is 10.0 Å². The second kappa shape index (κ2) is 9.25. The van der Waals surface area contributed by atoms with Gasteiger partial charge in [0, 0.05) is 21.9 Å². The molecule has 1 atom stereocenters. The number of hydrogen-bond acceptors (Lipinski definition) is 3. The van der Waals surface area contributed by atoms with Crippen LogP contribution < -0.4 is 5.32 Å². The summed E-state index contributed by atoms with van der Waals surface area (Å²) in [5.74, 6) is -0.575. The maximum Gasteiger partial charge on any atom is 0.236 e. The Kier molecular flexibility index (Phi) is 6.47. The van der Waals surface area contributed by atoms with Crippen molar-refractivity contribution in [2.45, 2.75) is 17.7 Å². The smallest absolute Gasteiger partial charge is 0.236 e. The number of ketones is 1. The van der Waals surface area contributed by atoms with Gasteiger partial charge in [-0.3, -0.25) is 9.59 Å². The minimum Gasteiger partial charge on any atom is -0.325 e. The van der Waals surface area contributed by atoms with E-state index in [-0.39, 0.29) is 11.7 Å². The van der Waals surface area contributed by atoms with Crippen LogP contribution in [0.15, 0.2) is 71.6 Å². The molecular weight excluding hydrogens is 437 g/mol. The van der Waals surface area contributed by atoms with Gasteiger partial charge in [0.15, 0.2) is 5.78 Å². The molecule has 1 amide bonds. The van der Waals surface area contributed by atoms with Crippen molar-refractivity contribution in [3.05, 3.63) is 93.5 Å². The molecule has 30 heavy (non-hydrogen) atoms. The van der Waals surface area contributed by atoms with E-state index in [4.69, 9.17) is 23.2 Å². The molecule has 6 heteroatoms. The summed E-state index contributed by atoms with van der Waals surface area (Å²) in [4.78, 5) is 26.3. The number of thioether (sulfide) groups is 1. The summed E-state index contributed by atoms with van der Waals surface area (Å²) in [7, 11) is 0. The lowest BCUT2D eigenvalue weighted by molar-refractivity contribution is -0.118. The number of anilines is 1. The molecule has 1 N–H and O–H groups in total. The zero-order valence-corrected chi connectivity index (χ0v) is 18.4. The molecule has 3 nitrogen and oxygen atoms in total. The molecule has 0 spiro atoms. The van der Waals surface area contributed by atoms with Gasteiger partial charge in [0.25, 0.3) is 0 Å². The highest BCUT2D eigenvalue weighted by atomic mass is 35.5. The van der Waals surface area contributed by atoms with Gasteiger partial charge < -0.3 is 5.32 Å². The Morgan fingerprint density at radius 2 is 1.63 bits per heavy atom. The first-order valence-electron chi connectivity index (χ1n) is 9.61. The zero-order valence-electron chi connectivity index (χ0n) is 16.0. The summed E-state index contributed by atoms with van der Waals surface area (Å²) in [6, 6.07) is 20.8. The van der Waals surface area contributed by atoms with Gasteiger partial charge in [0.2, 0.25) is 5.91 Å². The lowest BCUT2D eigenvalue weighted by Crippen LogP contribution is -2.34. The second-order valence-electron chi connectivity index (χ2n) is 7.16. The number of aryl methyl sites for hydroxylation is 2. The summed E-state index contributed by atoms with van der Waals surface area (Å²) >= 11 is 13.6. The van der Waals surface area contributed by atoms with E-state index < -0.39 is 5.92 Å². The van der Waals surface area contributed by atoms with E-state index in [0.29, 0.717) is 27.0 Å². The summed E-state index contributed by atoms with van der Waals surface area (Å²) in [6.07, 6.45) is 1.69. The van der Waals surface area contributed by atoms with Crippen LogP contribution in [0.1, 0.15) is 21.5 Å². The van der Waals surface area contributed by atoms with Crippen molar-refractivity contribution >= 4 is 52.3 Å². The minimum absolute atomic E-state index is 0.111. The van der Waals surface area contributed by atoms with Gasteiger partial charge in [-0.1, -0.05) is 59.6 Å². The number of hydrogen-bond donors (Lipinski definition) is 1. The molecule has 1 heterocycles. The van der Waals surface area contributed by atoms with Crippen LogP contribution in [-0.2, 0) is 17.6 Å². The van der Waals surface area contributed by atoms with Gasteiger partial charge in [-0.05, 0) is 54.3 Å². The maximum atomic E-state index is 12.7. The van der Waals surface area contributed by atoms with Crippen molar-refractivity contribution in [2.75, 3.05) is 11.1 Å². The number of benzene rings is 3. The molecule has 0 saturated carbocycles. The lowest BCUT2D eigenvalue weighted by Gasteiger charge is -2.22. The Balaban J connectivity index is 1.36. The number of nitrogens with one attached hydrogen (secondary N) is 1. The standard InChI is InChI=1S/C24H19Cl2NO2S/c25-20-12-9-16(13-21(20)26)6-5-15-7-10-17(11-8-15)27-24(29)19-14-30-22-4-2-1-3-18(22)23(19)28/h1-4,7-13,19H,5-6,14H2,(H,27,29). The molecule has 3 aromatic rings. The van der Waals surface area contributed by atoms with Crippen LogP contribution in [0.25, 0.3) is 0 Å². The van der Waals surface area contributed by atoms with Crippen LogP contribution in [0.5, 0.6) is 0 Å². The van der Waals surface area contributed by atoms with E-state index in [9.17, 15) is 9.59 Å². The highest BCUT2D eigenvalue weighted by molar-refractivity contribution is 7.99. The third-order valence-corrected chi connectivity index (χ3v) is 7.00. The van der Waals surface area contributed by atoms with Crippen LogP contribution in [0, 0.1) is 5.92 Å². The largest absolute Gasteiger partial charge is 0.325 e. The molecule has 1 aliphatic rings. The maximum absolute atomic E-state index is 12.7. The van der Waals surface area contributed by atoms with Gasteiger partial charge in [-0.25, -0.2) is 0 Å². The number of carbonyl (C=O) groups excluding carboxylic acids is 2. The number of fused-ring (bicyclic) bond motifs is 1. The highest BCUT2D eigenvalue weighted by Gasteiger charge is 2.33. The predicted molar refractivity (Wildman–Crippen MR) is 124 cm³/mol. The molecule has 0 aromatic heterocycles. The first-order valence-corrected chi connectivity index (χ1v) is 11.3. The highest BCUT2D eigenvalue weighted by Crippen LogP contribution is 2.33. The number of rotatable bonds is 5. The molecular formula is C24H19Cl2NO2S. The molecule has 4 rings (SSSR count). The number of amides is 1. The predicted octanol–water partition coefficient (Wildman–Crippen LogP) is 6.32. The molecule has 0 radical (unpaired) electrons. The molecule has 0 saturated heterocycles. The van der Waals surface area contributed by atoms with Gasteiger partial charge in [-0.15, -0.1) is 11.8 Å². The Morgan fingerprint density at radius 1 is 0.933 bits per heavy atom. The fraction of sp³-hybridized carbons (Fsp3) is 0.167. The van der Waals surface area contributed by atoms with Crippen LogP contribution in [0.2, 0.25) is 10.0 Å². The number of carbonyl (C=O) groups is 2. The molecule has 3 aromatic carbocycles. The molecule has 1 unspecified atom stereocenters. The Bertz CT molecular complexity index is 1100. The van der Waals surface area contributed by atoms with Crippen molar-refractivity contribution in [3.63, 3.8) is 0 Å². The van der Waals surface area contributed by atoms with Gasteiger partial charge in [-0.2, -0.15) is 0 Å². The van der Waals surface area contributed by atoms with Crippen LogP contribution in [0.3, 0.4) is 0 Å². The topological polar surface area (TPSA) is 46.2 Å². The van der Waals surface area contributed by atoms with Crippen LogP contribution in [-0.4, -0.2) is 17.4 Å². The average molecular weight is 456 g/mol. The van der Waals surface area contributed by atoms with Crippen molar-refractivity contribution in [3.8, 4) is 0 Å². The van der Waals surface area contributed by atoms with Gasteiger partial charge >= 0.3 is 0 Å². The van der Waals surface area contributed by atoms with Crippen molar-refractivity contribution in [2.24, 2.45) is 5.92 Å². The SMILES string of the molecule is O=C(Nc1ccc(CCc2ccc(Cl)c(Cl)c2)cc1)C1CSc2ccccc2C1=O. The average Bonchev–Trinajstić information content (AvgIpc) is 2.76. The Morgan fingerprint density at radius 3 is 2.40 bits per heavy atom. The fourth-order valence-corrected chi connectivity index (χ4v) is 4.86. The molecule has 1 aliphatic heterocycles. The number of Topliss-reactive ketones (excluding diaryl/α,β-unsaturated/α-hetero) is 1. The van der Waals surface area contributed by atoms with E-state index in [1.807, 2.05) is 54.6 Å². The summed E-state index contributed by atoms with van der Waals surface area (Å²) in [6.45, 7) is 0. The monoisotopic (exact) mass is 455 g/mol. The van der Waals surface area contributed by atoms with E-state index >= 15 is 0 Å². The Labute approximate surface area is 189 Å². The molecule has 0 bridgehead atoms. The molecule has 0 fully saturated rings. The van der Waals surface area contributed by atoms with E-state index in [1.54, 1.807) is 23.9 Å². The first kappa shape index (κ1) is 21.0. The quantitative estimate of drug-likeness (QED) is 0.457. The normalized spacial score (nSPS) is 15.5. The zero-order chi connectivity index (χ0) is 21.1. The van der Waals surface area contributed by atoms with Crippen LogP contribution >= 0.6 is 35.0 Å². The lowest BCUT2D eigenvalue weighted by atomic mass is 9.97. The third-order valence-electron chi connectivity index (χ3n) is 5.10. The Hall–Kier alpha value is -2.27. The minimum atomic E-state index is -0.667. The van der Waals surface area contributed by atoms with Gasteiger partial charge in [0.1, 0.15) is 5.92 Å². The van der Waals surface area contributed by atoms with Crippen LogP contribution in [0.4, 0.5) is 5.69 Å². The van der Waals surface area contributed by atoms with E-state index in [0.717, 1.165) is 28.9 Å². The summed E-state index contributed by atoms with van der Waals surface area (Å²) in [5.41, 5.74) is 3.59. The van der Waals surface area contributed by atoms with E-state index in [2.05, 4.69) is 5.32 Å². The third kappa shape index (κ3) is 4.72. The van der Waals surface area contributed by atoms with Crippen molar-refractivity contribution < 1.29 is 9.59 Å². The van der Waals surface area contributed by atoms with Crippen molar-refractivity contribution in [1.29, 1.82) is 0 Å². The van der Waals surface area contributed by atoms with Crippen molar-refractivity contribution in [1.82, 2.24) is 0 Å². The summed E-state index contributed by atoms with van der Waals surface area (Å²) < 4.78 is 0. The first-order chi connectivity index (χ1) is 14.5. The van der Waals surface area contributed by atoms with E-state index in [1.165, 1.54) is 0 Å². The molecule has 0 aliphatic carbocycles. The number of halogens is 2.